The van der Waals surface area contributed by atoms with Crippen LogP contribution in [0.1, 0.15) is 43.4 Å². The van der Waals surface area contributed by atoms with Crippen LogP contribution in [0.15, 0.2) is 66.7 Å². The summed E-state index contributed by atoms with van der Waals surface area (Å²) in [6.45, 7) is 6.48. The van der Waals surface area contributed by atoms with Gasteiger partial charge in [0.15, 0.2) is 0 Å². The van der Waals surface area contributed by atoms with E-state index in [2.05, 4.69) is 39.0 Å². The van der Waals surface area contributed by atoms with E-state index in [0.29, 0.717) is 6.42 Å². The Kier molecular flexibility index (Phi) is 4.63. The van der Waals surface area contributed by atoms with Crippen molar-refractivity contribution in [2.45, 2.75) is 38.5 Å². The summed E-state index contributed by atoms with van der Waals surface area (Å²) in [7, 11) is 0. The van der Waals surface area contributed by atoms with Gasteiger partial charge in [0.05, 0.1) is 5.92 Å². The highest BCUT2D eigenvalue weighted by atomic mass is 16.4. The van der Waals surface area contributed by atoms with Gasteiger partial charge in [-0.15, -0.1) is 0 Å². The second-order valence-corrected chi connectivity index (χ2v) is 7.61. The molecule has 0 aliphatic heterocycles. The number of carboxylic acid groups (broad SMARTS) is 1. The largest absolute Gasteiger partial charge is 0.481 e. The zero-order chi connectivity index (χ0) is 18.0. The van der Waals surface area contributed by atoms with Gasteiger partial charge in [0, 0.05) is 0 Å². The molecule has 1 unspecified atom stereocenters. The van der Waals surface area contributed by atoms with E-state index in [9.17, 15) is 9.90 Å². The molecule has 0 aliphatic carbocycles. The molecule has 0 fully saturated rings. The molecule has 0 amide bonds. The Morgan fingerprint density at radius 2 is 1.56 bits per heavy atom. The molecule has 0 aliphatic rings. The number of hydrogen-bond donors (Lipinski definition) is 1. The van der Waals surface area contributed by atoms with Crippen LogP contribution in [0.3, 0.4) is 0 Å². The van der Waals surface area contributed by atoms with Crippen LogP contribution in [-0.2, 0) is 16.6 Å². The van der Waals surface area contributed by atoms with Crippen molar-refractivity contribution in [3.05, 3.63) is 83.4 Å². The van der Waals surface area contributed by atoms with Gasteiger partial charge in [0.25, 0.3) is 0 Å². The Balaban J connectivity index is 1.95. The predicted octanol–water partition coefficient (Wildman–Crippen LogP) is 5.55. The highest BCUT2D eigenvalue weighted by molar-refractivity contribution is 5.86. The van der Waals surface area contributed by atoms with E-state index in [1.54, 1.807) is 0 Å². The third-order valence-corrected chi connectivity index (χ3v) is 4.78. The van der Waals surface area contributed by atoms with E-state index in [1.165, 1.54) is 5.56 Å². The van der Waals surface area contributed by atoms with Gasteiger partial charge in [-0.1, -0.05) is 87.5 Å². The van der Waals surface area contributed by atoms with Gasteiger partial charge in [-0.05, 0) is 39.3 Å². The highest BCUT2D eigenvalue weighted by Crippen LogP contribution is 2.29. The maximum atomic E-state index is 11.9. The molecule has 2 heteroatoms. The van der Waals surface area contributed by atoms with E-state index in [1.807, 2.05) is 48.5 Å². The molecule has 0 heterocycles. The number of rotatable bonds is 4. The monoisotopic (exact) mass is 332 g/mol. The minimum Gasteiger partial charge on any atom is -0.481 e. The lowest BCUT2D eigenvalue weighted by Crippen LogP contribution is -2.16. The summed E-state index contributed by atoms with van der Waals surface area (Å²) in [5, 5.41) is 12.1. The maximum absolute atomic E-state index is 11.9. The smallest absolute Gasteiger partial charge is 0.311 e. The summed E-state index contributed by atoms with van der Waals surface area (Å²) >= 11 is 0. The van der Waals surface area contributed by atoms with Gasteiger partial charge < -0.3 is 5.11 Å². The normalized spacial score (nSPS) is 12.9. The SMILES string of the molecule is CC(C)(C)c1ccc(C(Cc2cccc3ccccc23)C(=O)O)cc1. The average molecular weight is 332 g/mol. The average Bonchev–Trinajstić information content (AvgIpc) is 2.59. The van der Waals surface area contributed by atoms with Gasteiger partial charge in [0.2, 0.25) is 0 Å². The quantitative estimate of drug-likeness (QED) is 0.680. The summed E-state index contributed by atoms with van der Waals surface area (Å²) in [5.74, 6) is -1.32. The summed E-state index contributed by atoms with van der Waals surface area (Å²) in [6.07, 6.45) is 0.492. The van der Waals surface area contributed by atoms with Crippen LogP contribution in [0.4, 0.5) is 0 Å². The summed E-state index contributed by atoms with van der Waals surface area (Å²) < 4.78 is 0. The van der Waals surface area contributed by atoms with Crippen LogP contribution >= 0.6 is 0 Å². The second-order valence-electron chi connectivity index (χ2n) is 7.61. The van der Waals surface area contributed by atoms with Crippen molar-refractivity contribution in [2.24, 2.45) is 0 Å². The lowest BCUT2D eigenvalue weighted by atomic mass is 9.84. The van der Waals surface area contributed by atoms with E-state index < -0.39 is 11.9 Å². The molecule has 3 rings (SSSR count). The molecule has 25 heavy (non-hydrogen) atoms. The summed E-state index contributed by atoms with van der Waals surface area (Å²) in [4.78, 5) is 11.9. The van der Waals surface area contributed by atoms with Crippen molar-refractivity contribution in [3.8, 4) is 0 Å². The molecule has 0 bridgehead atoms. The first-order valence-corrected chi connectivity index (χ1v) is 8.66. The van der Waals surface area contributed by atoms with Crippen molar-refractivity contribution < 1.29 is 9.90 Å². The molecule has 0 spiro atoms. The Morgan fingerprint density at radius 3 is 2.20 bits per heavy atom. The Hall–Kier alpha value is -2.61. The predicted molar refractivity (Wildman–Crippen MR) is 103 cm³/mol. The van der Waals surface area contributed by atoms with E-state index in [4.69, 9.17) is 0 Å². The second kappa shape index (κ2) is 6.72. The molecule has 3 aromatic carbocycles. The van der Waals surface area contributed by atoms with Crippen molar-refractivity contribution in [2.75, 3.05) is 0 Å². The number of carbonyl (C=O) groups is 1. The van der Waals surface area contributed by atoms with Gasteiger partial charge in [-0.25, -0.2) is 0 Å². The topological polar surface area (TPSA) is 37.3 Å². The number of hydrogen-bond acceptors (Lipinski definition) is 1. The van der Waals surface area contributed by atoms with Crippen molar-refractivity contribution in [3.63, 3.8) is 0 Å². The molecular weight excluding hydrogens is 308 g/mol. The Morgan fingerprint density at radius 1 is 0.920 bits per heavy atom. The minimum absolute atomic E-state index is 0.0624. The minimum atomic E-state index is -0.781. The molecule has 1 atom stereocenters. The number of aliphatic carboxylic acids is 1. The van der Waals surface area contributed by atoms with Crippen LogP contribution in [0.25, 0.3) is 10.8 Å². The van der Waals surface area contributed by atoms with Crippen LogP contribution in [0.2, 0.25) is 0 Å². The van der Waals surface area contributed by atoms with Crippen LogP contribution in [-0.4, -0.2) is 11.1 Å². The zero-order valence-electron chi connectivity index (χ0n) is 15.0. The zero-order valence-corrected chi connectivity index (χ0v) is 15.0. The lowest BCUT2D eigenvalue weighted by molar-refractivity contribution is -0.138. The highest BCUT2D eigenvalue weighted by Gasteiger charge is 2.22. The fraction of sp³-hybridized carbons (Fsp3) is 0.261. The van der Waals surface area contributed by atoms with Crippen LogP contribution in [0.5, 0.6) is 0 Å². The first-order chi connectivity index (χ1) is 11.9. The fourth-order valence-corrected chi connectivity index (χ4v) is 3.25. The summed E-state index contributed by atoms with van der Waals surface area (Å²) in [6, 6.07) is 22.2. The molecule has 0 saturated heterocycles. The molecule has 0 radical (unpaired) electrons. The maximum Gasteiger partial charge on any atom is 0.311 e. The molecular formula is C23H24O2. The standard InChI is InChI=1S/C23H24O2/c1-23(2,3)19-13-11-17(12-14-19)21(22(24)25)15-18-9-6-8-16-7-4-5-10-20(16)18/h4-14,21H,15H2,1-3H3,(H,24,25). The number of carboxylic acids is 1. The molecule has 1 N–H and O–H groups in total. The van der Waals surface area contributed by atoms with Gasteiger partial charge in [-0.2, -0.15) is 0 Å². The third kappa shape index (κ3) is 3.74. The molecule has 2 nitrogen and oxygen atoms in total. The number of benzene rings is 3. The molecule has 0 saturated carbocycles. The third-order valence-electron chi connectivity index (χ3n) is 4.78. The van der Waals surface area contributed by atoms with Gasteiger partial charge >= 0.3 is 5.97 Å². The molecule has 128 valence electrons. The fourth-order valence-electron chi connectivity index (χ4n) is 3.25. The van der Waals surface area contributed by atoms with Crippen LogP contribution < -0.4 is 0 Å². The first-order valence-electron chi connectivity index (χ1n) is 8.66. The first kappa shape index (κ1) is 17.2. The lowest BCUT2D eigenvalue weighted by Gasteiger charge is -2.20. The van der Waals surface area contributed by atoms with Crippen molar-refractivity contribution >= 4 is 16.7 Å². The van der Waals surface area contributed by atoms with Crippen molar-refractivity contribution in [1.29, 1.82) is 0 Å². The molecule has 3 aromatic rings. The Labute approximate surface area is 149 Å². The number of fused-ring (bicyclic) bond motifs is 1. The van der Waals surface area contributed by atoms with Crippen molar-refractivity contribution in [1.82, 2.24) is 0 Å². The molecule has 0 aromatic heterocycles. The summed E-state index contributed by atoms with van der Waals surface area (Å²) in [5.41, 5.74) is 3.21. The Bertz CT molecular complexity index is 881. The van der Waals surface area contributed by atoms with Gasteiger partial charge in [0.1, 0.15) is 0 Å². The van der Waals surface area contributed by atoms with Crippen LogP contribution in [0, 0.1) is 0 Å². The van der Waals surface area contributed by atoms with E-state index >= 15 is 0 Å². The van der Waals surface area contributed by atoms with E-state index in [0.717, 1.165) is 21.9 Å². The van der Waals surface area contributed by atoms with E-state index in [-0.39, 0.29) is 5.41 Å². The van der Waals surface area contributed by atoms with Gasteiger partial charge in [-0.3, -0.25) is 4.79 Å².